The first kappa shape index (κ1) is 16.9. The van der Waals surface area contributed by atoms with Gasteiger partial charge in [-0.2, -0.15) is 0 Å². The van der Waals surface area contributed by atoms with Crippen LogP contribution in [-0.4, -0.2) is 36.5 Å². The molecule has 2 heterocycles. The van der Waals surface area contributed by atoms with Crippen molar-refractivity contribution in [2.45, 2.75) is 64.0 Å². The van der Waals surface area contributed by atoms with E-state index in [-0.39, 0.29) is 0 Å². The zero-order valence-electron chi connectivity index (χ0n) is 15.1. The molecule has 0 radical (unpaired) electrons. The molecule has 0 bridgehead atoms. The molecule has 1 atom stereocenters. The number of nitrogens with zero attached hydrogens (tertiary/aromatic N) is 1. The maximum atomic E-state index is 13.0. The van der Waals surface area contributed by atoms with E-state index in [0.29, 0.717) is 24.3 Å². The Kier molecular flexibility index (Phi) is 5.25. The first-order chi connectivity index (χ1) is 12.3. The minimum atomic E-state index is 0.357. The molecular weight excluding hydrogens is 312 g/mol. The standard InChI is InChI=1S/C21H30N2O2/c24-21(8-6-16-9-11-22-14-16)23(19-3-1-2-4-19)15-17-5-7-20-18(13-17)10-12-25-20/h5,7,13,16,19,22H,1-4,6,8-12,14-15H2. The minimum Gasteiger partial charge on any atom is -0.493 e. The van der Waals surface area contributed by atoms with E-state index in [9.17, 15) is 4.79 Å². The molecule has 136 valence electrons. The lowest BCUT2D eigenvalue weighted by Gasteiger charge is -2.30. The second-order valence-corrected chi connectivity index (χ2v) is 7.90. The molecule has 2 aliphatic heterocycles. The summed E-state index contributed by atoms with van der Waals surface area (Å²) in [5, 5.41) is 3.41. The summed E-state index contributed by atoms with van der Waals surface area (Å²) >= 11 is 0. The van der Waals surface area contributed by atoms with Crippen molar-refractivity contribution in [1.82, 2.24) is 10.2 Å². The molecule has 1 aromatic carbocycles. The molecule has 1 aromatic rings. The summed E-state index contributed by atoms with van der Waals surface area (Å²) in [6.45, 7) is 3.75. The van der Waals surface area contributed by atoms with E-state index in [4.69, 9.17) is 4.74 Å². The van der Waals surface area contributed by atoms with Crippen LogP contribution in [0.5, 0.6) is 5.75 Å². The van der Waals surface area contributed by atoms with E-state index in [2.05, 4.69) is 28.4 Å². The number of ether oxygens (including phenoxy) is 1. The molecule has 4 heteroatoms. The zero-order valence-corrected chi connectivity index (χ0v) is 15.1. The van der Waals surface area contributed by atoms with Gasteiger partial charge >= 0.3 is 0 Å². The van der Waals surface area contributed by atoms with Crippen molar-refractivity contribution in [2.24, 2.45) is 5.92 Å². The average molecular weight is 342 g/mol. The number of amides is 1. The Morgan fingerprint density at radius 1 is 1.24 bits per heavy atom. The van der Waals surface area contributed by atoms with Gasteiger partial charge in [0.05, 0.1) is 6.61 Å². The fourth-order valence-corrected chi connectivity index (χ4v) is 4.60. The molecule has 4 rings (SSSR count). The number of rotatable bonds is 6. The molecule has 1 saturated carbocycles. The van der Waals surface area contributed by atoms with Crippen LogP contribution in [0.15, 0.2) is 18.2 Å². The van der Waals surface area contributed by atoms with E-state index in [0.717, 1.165) is 44.8 Å². The fourth-order valence-electron chi connectivity index (χ4n) is 4.60. The fraction of sp³-hybridized carbons (Fsp3) is 0.667. The third-order valence-corrected chi connectivity index (χ3v) is 6.12. The van der Waals surface area contributed by atoms with Crippen molar-refractivity contribution < 1.29 is 9.53 Å². The predicted octanol–water partition coefficient (Wildman–Crippen LogP) is 3.28. The smallest absolute Gasteiger partial charge is 0.223 e. The van der Waals surface area contributed by atoms with Gasteiger partial charge in [-0.05, 0) is 61.9 Å². The molecule has 0 spiro atoms. The highest BCUT2D eigenvalue weighted by Crippen LogP contribution is 2.29. The lowest BCUT2D eigenvalue weighted by atomic mass is 10.0. The third-order valence-electron chi connectivity index (χ3n) is 6.12. The number of hydrogen-bond acceptors (Lipinski definition) is 3. The number of carbonyl (C=O) groups excluding carboxylic acids is 1. The average Bonchev–Trinajstić information content (AvgIpc) is 3.39. The molecule has 2 fully saturated rings. The van der Waals surface area contributed by atoms with Gasteiger partial charge in [0.2, 0.25) is 5.91 Å². The highest BCUT2D eigenvalue weighted by molar-refractivity contribution is 5.76. The molecule has 3 aliphatic rings. The molecular formula is C21H30N2O2. The maximum absolute atomic E-state index is 13.0. The molecule has 1 N–H and O–H groups in total. The van der Waals surface area contributed by atoms with Gasteiger partial charge in [-0.3, -0.25) is 4.79 Å². The summed E-state index contributed by atoms with van der Waals surface area (Å²) in [6.07, 6.45) is 8.83. The highest BCUT2D eigenvalue weighted by Gasteiger charge is 2.28. The SMILES string of the molecule is O=C(CCC1CCNC1)N(Cc1ccc2c(c1)CCO2)C1CCCC1. The number of carbonyl (C=O) groups is 1. The summed E-state index contributed by atoms with van der Waals surface area (Å²) in [7, 11) is 0. The van der Waals surface area contributed by atoms with Gasteiger partial charge in [-0.15, -0.1) is 0 Å². The van der Waals surface area contributed by atoms with Gasteiger partial charge in [0.25, 0.3) is 0 Å². The molecule has 1 aliphatic carbocycles. The Balaban J connectivity index is 1.42. The highest BCUT2D eigenvalue weighted by atomic mass is 16.5. The van der Waals surface area contributed by atoms with Gasteiger partial charge in [-0.1, -0.05) is 25.0 Å². The monoisotopic (exact) mass is 342 g/mol. The first-order valence-electron chi connectivity index (χ1n) is 10.0. The Labute approximate surface area is 150 Å². The normalized spacial score (nSPS) is 22.8. The Morgan fingerprint density at radius 2 is 2.12 bits per heavy atom. The molecule has 0 aromatic heterocycles. The molecule has 1 unspecified atom stereocenters. The Bertz CT molecular complexity index is 604. The molecule has 1 amide bonds. The van der Waals surface area contributed by atoms with E-state index >= 15 is 0 Å². The van der Waals surface area contributed by atoms with Crippen LogP contribution >= 0.6 is 0 Å². The van der Waals surface area contributed by atoms with Crippen molar-refractivity contribution >= 4 is 5.91 Å². The van der Waals surface area contributed by atoms with E-state index < -0.39 is 0 Å². The van der Waals surface area contributed by atoms with Crippen LogP contribution < -0.4 is 10.1 Å². The van der Waals surface area contributed by atoms with Crippen LogP contribution in [0.3, 0.4) is 0 Å². The maximum Gasteiger partial charge on any atom is 0.223 e. The second kappa shape index (κ2) is 7.77. The third kappa shape index (κ3) is 4.00. The summed E-state index contributed by atoms with van der Waals surface area (Å²) in [5.74, 6) is 2.07. The van der Waals surface area contributed by atoms with Crippen LogP contribution in [-0.2, 0) is 17.8 Å². The number of benzene rings is 1. The molecule has 1 saturated heterocycles. The lowest BCUT2D eigenvalue weighted by Crippen LogP contribution is -2.38. The van der Waals surface area contributed by atoms with Crippen LogP contribution in [0.2, 0.25) is 0 Å². The largest absolute Gasteiger partial charge is 0.493 e. The first-order valence-corrected chi connectivity index (χ1v) is 10.0. The zero-order chi connectivity index (χ0) is 17.1. The van der Waals surface area contributed by atoms with Gasteiger partial charge in [0, 0.05) is 25.4 Å². The molecule has 25 heavy (non-hydrogen) atoms. The van der Waals surface area contributed by atoms with Gasteiger partial charge in [-0.25, -0.2) is 0 Å². The van der Waals surface area contributed by atoms with Crippen LogP contribution in [0, 0.1) is 5.92 Å². The topological polar surface area (TPSA) is 41.6 Å². The number of fused-ring (bicyclic) bond motifs is 1. The van der Waals surface area contributed by atoms with Crippen LogP contribution in [0.4, 0.5) is 0 Å². The van der Waals surface area contributed by atoms with Crippen molar-refractivity contribution in [1.29, 1.82) is 0 Å². The number of nitrogens with one attached hydrogen (secondary N) is 1. The van der Waals surface area contributed by atoms with Gasteiger partial charge in [0.1, 0.15) is 5.75 Å². The van der Waals surface area contributed by atoms with Gasteiger partial charge < -0.3 is 15.0 Å². The summed E-state index contributed by atoms with van der Waals surface area (Å²) in [6, 6.07) is 6.91. The van der Waals surface area contributed by atoms with Crippen molar-refractivity contribution in [3.8, 4) is 5.75 Å². The summed E-state index contributed by atoms with van der Waals surface area (Å²) in [4.78, 5) is 15.2. The van der Waals surface area contributed by atoms with Crippen LogP contribution in [0.1, 0.15) is 56.1 Å². The lowest BCUT2D eigenvalue weighted by molar-refractivity contribution is -0.134. The van der Waals surface area contributed by atoms with E-state index in [1.807, 2.05) is 0 Å². The van der Waals surface area contributed by atoms with Gasteiger partial charge in [0.15, 0.2) is 0 Å². The Morgan fingerprint density at radius 3 is 2.92 bits per heavy atom. The van der Waals surface area contributed by atoms with Crippen molar-refractivity contribution in [3.05, 3.63) is 29.3 Å². The van der Waals surface area contributed by atoms with Crippen molar-refractivity contribution in [2.75, 3.05) is 19.7 Å². The van der Waals surface area contributed by atoms with Crippen LogP contribution in [0.25, 0.3) is 0 Å². The van der Waals surface area contributed by atoms with E-state index in [1.165, 1.54) is 43.2 Å². The predicted molar refractivity (Wildman–Crippen MR) is 98.7 cm³/mol. The second-order valence-electron chi connectivity index (χ2n) is 7.90. The van der Waals surface area contributed by atoms with Crippen molar-refractivity contribution in [3.63, 3.8) is 0 Å². The summed E-state index contributed by atoms with van der Waals surface area (Å²) < 4.78 is 5.61. The quantitative estimate of drug-likeness (QED) is 0.862. The Hall–Kier alpha value is -1.55. The summed E-state index contributed by atoms with van der Waals surface area (Å²) in [5.41, 5.74) is 2.56. The minimum absolute atomic E-state index is 0.357. The number of hydrogen-bond donors (Lipinski definition) is 1. The van der Waals surface area contributed by atoms with E-state index in [1.54, 1.807) is 0 Å². The molecule has 4 nitrogen and oxygen atoms in total.